The van der Waals surface area contributed by atoms with E-state index in [0.717, 1.165) is 31.5 Å². The Labute approximate surface area is 146 Å². The molecule has 1 aliphatic heterocycles. The van der Waals surface area contributed by atoms with Gasteiger partial charge in [-0.05, 0) is 43.6 Å². The maximum atomic E-state index is 13.2. The summed E-state index contributed by atoms with van der Waals surface area (Å²) in [5, 5.41) is 5.77. The van der Waals surface area contributed by atoms with Crippen molar-refractivity contribution in [3.05, 3.63) is 53.6 Å². The Kier molecular flexibility index (Phi) is 5.55. The molecule has 0 bridgehead atoms. The van der Waals surface area contributed by atoms with Crippen molar-refractivity contribution in [1.82, 2.24) is 20.2 Å². The number of halogens is 1. The van der Waals surface area contributed by atoms with Gasteiger partial charge in [-0.3, -0.25) is 9.69 Å². The number of amides is 1. The van der Waals surface area contributed by atoms with Crippen LogP contribution in [0.5, 0.6) is 0 Å². The Morgan fingerprint density at radius 1 is 1.20 bits per heavy atom. The molecule has 6 nitrogen and oxygen atoms in total. The van der Waals surface area contributed by atoms with Crippen molar-refractivity contribution in [3.8, 4) is 0 Å². The van der Waals surface area contributed by atoms with Crippen LogP contribution >= 0.6 is 0 Å². The summed E-state index contributed by atoms with van der Waals surface area (Å²) in [4.78, 5) is 22.8. The summed E-state index contributed by atoms with van der Waals surface area (Å²) >= 11 is 0. The van der Waals surface area contributed by atoms with Crippen LogP contribution in [0.3, 0.4) is 0 Å². The molecule has 7 heteroatoms. The Balaban J connectivity index is 1.69. The molecule has 1 amide bonds. The lowest BCUT2D eigenvalue weighted by Gasteiger charge is -2.28. The van der Waals surface area contributed by atoms with Crippen LogP contribution in [0.1, 0.15) is 34.8 Å². The number of nitrogens with zero attached hydrogens (tertiary/aromatic N) is 3. The van der Waals surface area contributed by atoms with Crippen LogP contribution in [0.25, 0.3) is 0 Å². The Morgan fingerprint density at radius 2 is 1.84 bits per heavy atom. The number of rotatable bonds is 6. The molecule has 2 heterocycles. The molecule has 25 heavy (non-hydrogen) atoms. The molecule has 0 radical (unpaired) electrons. The third kappa shape index (κ3) is 4.30. The van der Waals surface area contributed by atoms with E-state index >= 15 is 0 Å². The van der Waals surface area contributed by atoms with E-state index in [2.05, 4.69) is 25.5 Å². The van der Waals surface area contributed by atoms with Crippen LogP contribution in [-0.4, -0.2) is 47.5 Å². The smallest absolute Gasteiger partial charge is 0.254 e. The number of likely N-dealkylation sites (tertiary alicyclic amines) is 1. The summed E-state index contributed by atoms with van der Waals surface area (Å²) in [6, 6.07) is 6.53. The van der Waals surface area contributed by atoms with Crippen LogP contribution in [0.4, 0.5) is 10.3 Å². The Bertz CT molecular complexity index is 698. The number of nitrogens with one attached hydrogen (secondary N) is 2. The molecule has 132 valence electrons. The van der Waals surface area contributed by atoms with Crippen molar-refractivity contribution < 1.29 is 9.18 Å². The van der Waals surface area contributed by atoms with E-state index in [-0.39, 0.29) is 17.8 Å². The van der Waals surface area contributed by atoms with Gasteiger partial charge in [0.25, 0.3) is 5.91 Å². The van der Waals surface area contributed by atoms with Gasteiger partial charge in [-0.1, -0.05) is 12.1 Å². The van der Waals surface area contributed by atoms with E-state index < -0.39 is 0 Å². The van der Waals surface area contributed by atoms with E-state index in [4.69, 9.17) is 0 Å². The number of benzene rings is 1. The largest absolute Gasteiger partial charge is 0.357 e. The van der Waals surface area contributed by atoms with E-state index in [0.29, 0.717) is 18.1 Å². The lowest BCUT2D eigenvalue weighted by molar-refractivity contribution is 0.0937. The van der Waals surface area contributed by atoms with Crippen molar-refractivity contribution in [2.45, 2.75) is 18.9 Å². The van der Waals surface area contributed by atoms with Crippen LogP contribution < -0.4 is 10.6 Å². The second kappa shape index (κ2) is 8.02. The number of hydrogen-bond acceptors (Lipinski definition) is 5. The lowest BCUT2D eigenvalue weighted by Crippen LogP contribution is -2.36. The molecule has 1 saturated heterocycles. The topological polar surface area (TPSA) is 70.2 Å². The molecule has 0 unspecified atom stereocenters. The van der Waals surface area contributed by atoms with Gasteiger partial charge in [0.05, 0.1) is 11.6 Å². The van der Waals surface area contributed by atoms with Gasteiger partial charge < -0.3 is 10.6 Å². The normalized spacial score (nSPS) is 15.8. The van der Waals surface area contributed by atoms with Gasteiger partial charge in [0.15, 0.2) is 0 Å². The Hall–Kier alpha value is -2.54. The first kappa shape index (κ1) is 17.3. The molecule has 2 N–H and O–H groups in total. The molecule has 1 fully saturated rings. The van der Waals surface area contributed by atoms with E-state index in [1.54, 1.807) is 19.2 Å². The minimum Gasteiger partial charge on any atom is -0.357 e. The summed E-state index contributed by atoms with van der Waals surface area (Å²) < 4.78 is 13.2. The summed E-state index contributed by atoms with van der Waals surface area (Å²) in [7, 11) is 1.72. The highest BCUT2D eigenvalue weighted by Crippen LogP contribution is 2.24. The van der Waals surface area contributed by atoms with E-state index in [1.807, 2.05) is 0 Å². The van der Waals surface area contributed by atoms with Gasteiger partial charge >= 0.3 is 0 Å². The maximum Gasteiger partial charge on any atom is 0.254 e. The van der Waals surface area contributed by atoms with Crippen molar-refractivity contribution in [1.29, 1.82) is 0 Å². The lowest BCUT2D eigenvalue weighted by atomic mass is 10.1. The fourth-order valence-electron chi connectivity index (χ4n) is 3.06. The van der Waals surface area contributed by atoms with Crippen LogP contribution in [0.2, 0.25) is 0 Å². The van der Waals surface area contributed by atoms with E-state index in [9.17, 15) is 9.18 Å². The molecule has 0 saturated carbocycles. The molecule has 1 aliphatic rings. The van der Waals surface area contributed by atoms with Gasteiger partial charge in [-0.25, -0.2) is 14.4 Å². The van der Waals surface area contributed by atoms with E-state index in [1.165, 1.54) is 24.5 Å². The summed E-state index contributed by atoms with van der Waals surface area (Å²) in [6.45, 7) is 2.42. The number of carbonyl (C=O) groups excluding carboxylic acids is 1. The zero-order valence-electron chi connectivity index (χ0n) is 14.2. The van der Waals surface area contributed by atoms with Crippen molar-refractivity contribution in [3.63, 3.8) is 0 Å². The molecule has 1 aromatic carbocycles. The predicted octanol–water partition coefficient (Wildman–Crippen LogP) is 2.22. The maximum absolute atomic E-state index is 13.2. The molecule has 2 aromatic rings. The third-order valence-electron chi connectivity index (χ3n) is 4.43. The monoisotopic (exact) mass is 343 g/mol. The Morgan fingerprint density at radius 3 is 2.44 bits per heavy atom. The minimum atomic E-state index is -0.255. The highest BCUT2D eigenvalue weighted by Gasteiger charge is 2.24. The minimum absolute atomic E-state index is 0.0320. The van der Waals surface area contributed by atoms with Crippen LogP contribution in [-0.2, 0) is 0 Å². The van der Waals surface area contributed by atoms with Crippen molar-refractivity contribution >= 4 is 11.9 Å². The molecule has 0 aliphatic carbocycles. The average molecular weight is 343 g/mol. The molecule has 3 rings (SSSR count). The van der Waals surface area contributed by atoms with Crippen LogP contribution in [0, 0.1) is 5.82 Å². The quantitative estimate of drug-likeness (QED) is 0.842. The number of carbonyl (C=O) groups is 1. The standard InChI is InChI=1S/C18H22FN5O/c1-20-18-22-10-14(11-23-18)17(25)21-12-16(24-8-2-3-9-24)13-4-6-15(19)7-5-13/h4-7,10-11,16H,2-3,8-9,12H2,1H3,(H,21,25)(H,20,22,23)/t16-/m1/s1. The SMILES string of the molecule is CNc1ncc(C(=O)NC[C@H](c2ccc(F)cc2)N2CCCC2)cn1. The molecule has 1 atom stereocenters. The molecule has 1 aromatic heterocycles. The van der Waals surface area contributed by atoms with Gasteiger partial charge in [-0.2, -0.15) is 0 Å². The van der Waals surface area contributed by atoms with Gasteiger partial charge in [0, 0.05) is 26.0 Å². The first-order valence-electron chi connectivity index (χ1n) is 8.45. The zero-order valence-corrected chi connectivity index (χ0v) is 14.2. The zero-order chi connectivity index (χ0) is 17.6. The highest BCUT2D eigenvalue weighted by molar-refractivity contribution is 5.93. The molecule has 0 spiro atoms. The number of hydrogen-bond donors (Lipinski definition) is 2. The second-order valence-corrected chi connectivity index (χ2v) is 6.07. The summed E-state index contributed by atoms with van der Waals surface area (Å²) in [6.07, 6.45) is 5.28. The number of anilines is 1. The molecular weight excluding hydrogens is 321 g/mol. The van der Waals surface area contributed by atoms with Gasteiger partial charge in [0.2, 0.25) is 5.95 Å². The second-order valence-electron chi connectivity index (χ2n) is 6.07. The first-order chi connectivity index (χ1) is 12.2. The molecular formula is C18H22FN5O. The van der Waals surface area contributed by atoms with Crippen molar-refractivity contribution in [2.75, 3.05) is 32.0 Å². The fourth-order valence-corrected chi connectivity index (χ4v) is 3.06. The van der Waals surface area contributed by atoms with Crippen molar-refractivity contribution in [2.24, 2.45) is 0 Å². The number of aromatic nitrogens is 2. The third-order valence-corrected chi connectivity index (χ3v) is 4.43. The predicted molar refractivity (Wildman–Crippen MR) is 93.9 cm³/mol. The van der Waals surface area contributed by atoms with Gasteiger partial charge in [0.1, 0.15) is 5.82 Å². The average Bonchev–Trinajstić information content (AvgIpc) is 3.17. The fraction of sp³-hybridized carbons (Fsp3) is 0.389. The summed E-state index contributed by atoms with van der Waals surface area (Å²) in [5.74, 6) is 0.00139. The summed E-state index contributed by atoms with van der Waals surface area (Å²) in [5.41, 5.74) is 1.42. The van der Waals surface area contributed by atoms with Gasteiger partial charge in [-0.15, -0.1) is 0 Å². The van der Waals surface area contributed by atoms with Crippen LogP contribution in [0.15, 0.2) is 36.7 Å². The highest BCUT2D eigenvalue weighted by atomic mass is 19.1. The first-order valence-corrected chi connectivity index (χ1v) is 8.45.